The van der Waals surface area contributed by atoms with Gasteiger partial charge in [0, 0.05) is 42.3 Å². The summed E-state index contributed by atoms with van der Waals surface area (Å²) < 4.78 is 67.7. The smallest absolute Gasteiger partial charge is 0.407 e. The van der Waals surface area contributed by atoms with Gasteiger partial charge in [-0.1, -0.05) is 18.2 Å². The number of carbonyl (C=O) groups excluding carboxylic acids is 2. The summed E-state index contributed by atoms with van der Waals surface area (Å²) in [6.45, 7) is 4.76. The van der Waals surface area contributed by atoms with Crippen LogP contribution < -0.4 is 16.0 Å². The molecule has 3 aliphatic rings. The largest absolute Gasteiger partial charge is 0.453 e. The summed E-state index contributed by atoms with van der Waals surface area (Å²) in [6, 6.07) is 8.84. The van der Waals surface area contributed by atoms with Crippen molar-refractivity contribution in [2.45, 2.75) is 88.6 Å². The van der Waals surface area contributed by atoms with Gasteiger partial charge >= 0.3 is 6.09 Å². The molecule has 2 aromatic rings. The Morgan fingerprint density at radius 1 is 1.11 bits per heavy atom. The van der Waals surface area contributed by atoms with Gasteiger partial charge in [0.05, 0.1) is 25.1 Å². The lowest BCUT2D eigenvalue weighted by molar-refractivity contribution is -0.120. The first-order chi connectivity index (χ1) is 21.9. The average molecular weight is 663 g/mol. The van der Waals surface area contributed by atoms with Gasteiger partial charge in [-0.15, -0.1) is 0 Å². The molecule has 13 heteroatoms. The third-order valence-corrected chi connectivity index (χ3v) is 11.4. The number of benzene rings is 2. The number of ether oxygens (including phenoxy) is 2. The SMILES string of the molecule is COC(=O)N[C@H](C(=O)Nc1cccc(F)c1CC[C@H]1CN[C@@H]2CCCS(=O)(=O)N1C2)C(c1ccc(F)cc1)C1C[C@@H](C)O[C@@H](C)C1. The van der Waals surface area contributed by atoms with Crippen LogP contribution in [0.3, 0.4) is 0 Å². The number of carbonyl (C=O) groups is 2. The van der Waals surface area contributed by atoms with E-state index in [1.165, 1.54) is 31.4 Å². The molecule has 0 aromatic heterocycles. The molecule has 2 bridgehead atoms. The molecule has 8 atom stereocenters. The van der Waals surface area contributed by atoms with Gasteiger partial charge in [0.1, 0.15) is 17.7 Å². The minimum absolute atomic E-state index is 0.0944. The van der Waals surface area contributed by atoms with Crippen LogP contribution >= 0.6 is 0 Å². The second-order valence-corrected chi connectivity index (χ2v) is 14.8. The van der Waals surface area contributed by atoms with Crippen LogP contribution in [0.25, 0.3) is 0 Å². The molecular weight excluding hydrogens is 618 g/mol. The van der Waals surface area contributed by atoms with E-state index in [4.69, 9.17) is 9.47 Å². The highest BCUT2D eigenvalue weighted by Crippen LogP contribution is 2.39. The van der Waals surface area contributed by atoms with Crippen molar-refractivity contribution in [3.63, 3.8) is 0 Å². The quantitative estimate of drug-likeness (QED) is 0.366. The van der Waals surface area contributed by atoms with Crippen LogP contribution in [-0.2, 0) is 30.7 Å². The van der Waals surface area contributed by atoms with Crippen molar-refractivity contribution < 1.29 is 36.3 Å². The lowest BCUT2D eigenvalue weighted by Crippen LogP contribution is -2.57. The van der Waals surface area contributed by atoms with Gasteiger partial charge in [0.2, 0.25) is 15.9 Å². The number of amides is 2. The van der Waals surface area contributed by atoms with Crippen LogP contribution in [0.5, 0.6) is 0 Å². The van der Waals surface area contributed by atoms with Crippen LogP contribution in [0.15, 0.2) is 42.5 Å². The zero-order valence-electron chi connectivity index (χ0n) is 26.5. The minimum Gasteiger partial charge on any atom is -0.453 e. The molecule has 0 saturated carbocycles. The van der Waals surface area contributed by atoms with Crippen LogP contribution in [0.2, 0.25) is 0 Å². The van der Waals surface area contributed by atoms with Crippen LogP contribution in [0.1, 0.15) is 63.0 Å². The molecule has 10 nitrogen and oxygen atoms in total. The molecule has 3 N–H and O–H groups in total. The van der Waals surface area contributed by atoms with E-state index < -0.39 is 45.6 Å². The van der Waals surface area contributed by atoms with Crippen molar-refractivity contribution >= 4 is 27.7 Å². The molecule has 0 radical (unpaired) electrons. The number of alkyl carbamates (subject to hydrolysis) is 1. The van der Waals surface area contributed by atoms with Crippen molar-refractivity contribution in [2.75, 3.05) is 31.3 Å². The number of anilines is 1. The Morgan fingerprint density at radius 3 is 2.52 bits per heavy atom. The van der Waals surface area contributed by atoms with Crippen LogP contribution in [0.4, 0.5) is 19.3 Å². The molecule has 252 valence electrons. The molecule has 2 amide bonds. The Labute approximate surface area is 269 Å². The number of fused-ring (bicyclic) bond motifs is 2. The number of rotatable bonds is 9. The first-order valence-corrected chi connectivity index (χ1v) is 17.6. The number of nitrogens with one attached hydrogen (secondary N) is 3. The highest BCUT2D eigenvalue weighted by atomic mass is 32.2. The average Bonchev–Trinajstić information content (AvgIpc) is 3.12. The van der Waals surface area contributed by atoms with E-state index in [2.05, 4.69) is 16.0 Å². The van der Waals surface area contributed by atoms with Crippen molar-refractivity contribution in [1.82, 2.24) is 14.9 Å². The number of hydrogen-bond donors (Lipinski definition) is 3. The number of methoxy groups -OCH3 is 1. The molecule has 3 fully saturated rings. The topological polar surface area (TPSA) is 126 Å². The fourth-order valence-electron chi connectivity index (χ4n) is 7.37. The van der Waals surface area contributed by atoms with Gasteiger partial charge in [-0.3, -0.25) is 4.79 Å². The number of hydrogen-bond acceptors (Lipinski definition) is 7. The van der Waals surface area contributed by atoms with Gasteiger partial charge in [0.15, 0.2) is 0 Å². The molecule has 46 heavy (non-hydrogen) atoms. The zero-order chi connectivity index (χ0) is 33.0. The molecule has 0 spiro atoms. The Balaban J connectivity index is 1.42. The summed E-state index contributed by atoms with van der Waals surface area (Å²) in [6.07, 6.45) is 2.08. The first kappa shape index (κ1) is 34.2. The van der Waals surface area contributed by atoms with Gasteiger partial charge in [-0.25, -0.2) is 22.0 Å². The number of nitrogens with zero attached hydrogens (tertiary/aromatic N) is 1. The van der Waals surface area contributed by atoms with E-state index in [9.17, 15) is 22.4 Å². The van der Waals surface area contributed by atoms with E-state index >= 15 is 4.39 Å². The molecule has 3 aliphatic heterocycles. The standard InChI is InChI=1S/C33H44F2N4O6S/c1-20-16-23(17-21(2)45-20)30(22-9-11-24(34)12-10-22)31(38-33(41)44-3)32(40)37-29-8-4-7-28(35)27(29)14-13-26-18-36-25-6-5-15-46(42,43)39(26)19-25/h4,7-12,20-21,23,25-26,30-31,36H,5-6,13-19H2,1-3H3,(H,37,40)(H,38,41)/t20-,21+,23?,25-,26+,30?,31+/m1/s1. The molecule has 3 unspecified atom stereocenters. The molecule has 3 heterocycles. The van der Waals surface area contributed by atoms with Crippen molar-refractivity contribution in [1.29, 1.82) is 0 Å². The normalized spacial score (nSPS) is 28.7. The minimum atomic E-state index is -3.42. The van der Waals surface area contributed by atoms with Crippen molar-refractivity contribution in [2.24, 2.45) is 5.92 Å². The van der Waals surface area contributed by atoms with Gasteiger partial charge in [0.25, 0.3) is 0 Å². The van der Waals surface area contributed by atoms with Crippen LogP contribution in [0, 0.1) is 17.6 Å². The zero-order valence-corrected chi connectivity index (χ0v) is 27.3. The van der Waals surface area contributed by atoms with Gasteiger partial charge in [-0.2, -0.15) is 4.31 Å². The monoisotopic (exact) mass is 662 g/mol. The van der Waals surface area contributed by atoms with E-state index in [-0.39, 0.29) is 53.6 Å². The van der Waals surface area contributed by atoms with Gasteiger partial charge in [-0.05, 0) is 88.1 Å². The summed E-state index contributed by atoms with van der Waals surface area (Å²) >= 11 is 0. The third-order valence-electron chi connectivity index (χ3n) is 9.46. The molecular formula is C33H44F2N4O6S. The summed E-state index contributed by atoms with van der Waals surface area (Å²) in [7, 11) is -2.22. The van der Waals surface area contributed by atoms with Gasteiger partial charge < -0.3 is 25.4 Å². The third kappa shape index (κ3) is 8.04. The Morgan fingerprint density at radius 2 is 1.83 bits per heavy atom. The van der Waals surface area contributed by atoms with E-state index in [0.717, 1.165) is 6.42 Å². The second-order valence-electron chi connectivity index (χ2n) is 12.8. The molecule has 2 aromatic carbocycles. The highest BCUT2D eigenvalue weighted by Gasteiger charge is 2.41. The summed E-state index contributed by atoms with van der Waals surface area (Å²) in [5.74, 6) is -2.16. The summed E-state index contributed by atoms with van der Waals surface area (Å²) in [4.78, 5) is 26.8. The predicted molar refractivity (Wildman–Crippen MR) is 170 cm³/mol. The van der Waals surface area contributed by atoms with E-state index in [1.807, 2.05) is 13.8 Å². The number of halogens is 2. The Hall–Kier alpha value is -3.13. The number of sulfonamides is 1. The highest BCUT2D eigenvalue weighted by molar-refractivity contribution is 7.89. The van der Waals surface area contributed by atoms with E-state index in [0.29, 0.717) is 44.3 Å². The molecule has 5 rings (SSSR count). The maximum Gasteiger partial charge on any atom is 0.407 e. The number of piperazine rings is 1. The Kier molecular flexibility index (Phi) is 11.0. The second kappa shape index (κ2) is 14.7. The van der Waals surface area contributed by atoms with Crippen molar-refractivity contribution in [3.8, 4) is 0 Å². The van der Waals surface area contributed by atoms with E-state index in [1.54, 1.807) is 22.5 Å². The Bertz CT molecular complexity index is 1480. The maximum atomic E-state index is 15.4. The molecule has 3 saturated heterocycles. The van der Waals surface area contributed by atoms with Crippen molar-refractivity contribution in [3.05, 3.63) is 65.2 Å². The first-order valence-electron chi connectivity index (χ1n) is 16.0. The van der Waals surface area contributed by atoms with Crippen LogP contribution in [-0.4, -0.2) is 81.0 Å². The summed E-state index contributed by atoms with van der Waals surface area (Å²) in [5, 5.41) is 8.99. The molecule has 0 aliphatic carbocycles. The summed E-state index contributed by atoms with van der Waals surface area (Å²) in [5.41, 5.74) is 1.13. The fraction of sp³-hybridized carbons (Fsp3) is 0.576. The fourth-order valence-corrected chi connectivity index (χ4v) is 9.18. The predicted octanol–water partition coefficient (Wildman–Crippen LogP) is 4.31. The lowest BCUT2D eigenvalue weighted by atomic mass is 9.74. The maximum absolute atomic E-state index is 15.4. The lowest BCUT2D eigenvalue weighted by Gasteiger charge is -2.40.